The van der Waals surface area contributed by atoms with Crippen molar-refractivity contribution >= 4 is 35.0 Å². The summed E-state index contributed by atoms with van der Waals surface area (Å²) < 4.78 is 39.7. The highest BCUT2D eigenvalue weighted by atomic mass is 35.5. The summed E-state index contributed by atoms with van der Waals surface area (Å²) in [6, 6.07) is 6.06. The van der Waals surface area contributed by atoms with Crippen LogP contribution in [0.25, 0.3) is 0 Å². The Labute approximate surface area is 171 Å². The zero-order valence-corrected chi connectivity index (χ0v) is 17.0. The van der Waals surface area contributed by atoms with E-state index >= 15 is 0 Å². The quantitative estimate of drug-likeness (QED) is 0.395. The fourth-order valence-corrected chi connectivity index (χ4v) is 4.39. The van der Waals surface area contributed by atoms with Crippen LogP contribution in [-0.2, 0) is 0 Å². The number of thioether (sulfide) groups is 1. The molecule has 0 saturated carbocycles. The number of hydrogen-bond donors (Lipinski definition) is 2. The van der Waals surface area contributed by atoms with E-state index in [0.29, 0.717) is 28.5 Å². The fraction of sp³-hybridized carbons (Fsp3) is 0.350. The molecule has 8 heteroatoms. The molecular formula is C20H21ClF3NO2S. The summed E-state index contributed by atoms with van der Waals surface area (Å²) in [4.78, 5) is 13.1. The van der Waals surface area contributed by atoms with Crippen LogP contribution in [0.5, 0.6) is 0 Å². The minimum Gasteiger partial charge on any atom is -0.393 e. The Bertz CT molecular complexity index is 825. The van der Waals surface area contributed by atoms with Crippen LogP contribution in [0.15, 0.2) is 35.2 Å². The Hall–Kier alpha value is -1.70. The van der Waals surface area contributed by atoms with E-state index in [0.717, 1.165) is 12.8 Å². The van der Waals surface area contributed by atoms with Gasteiger partial charge in [0.2, 0.25) is 0 Å². The highest BCUT2D eigenvalue weighted by Crippen LogP contribution is 2.35. The number of anilines is 1. The standard InChI is InChI=1S/C20H21ClF3NO2S/c1-3-4-14(7-11(2)26)28-18-8-12(5-6-15(18)21)20(27)25-13-9-16(22)19(24)17(23)10-13/h5-6,8-11,14,26H,3-4,7H2,1-2H3,(H,25,27). The Kier molecular flexibility index (Phi) is 8.22. The minimum absolute atomic E-state index is 0.126. The summed E-state index contributed by atoms with van der Waals surface area (Å²) in [6.07, 6.45) is 1.93. The first-order valence-corrected chi connectivity index (χ1v) is 10.1. The maximum absolute atomic E-state index is 13.3. The first-order chi connectivity index (χ1) is 13.2. The third-order valence-electron chi connectivity index (χ3n) is 3.94. The molecule has 28 heavy (non-hydrogen) atoms. The van der Waals surface area contributed by atoms with Gasteiger partial charge in [0.25, 0.3) is 5.91 Å². The molecule has 0 spiro atoms. The molecule has 0 aliphatic heterocycles. The SMILES string of the molecule is CCCC(CC(C)O)Sc1cc(C(=O)Nc2cc(F)c(F)c(F)c2)ccc1Cl. The van der Waals surface area contributed by atoms with Crippen molar-refractivity contribution in [3.8, 4) is 0 Å². The molecule has 3 nitrogen and oxygen atoms in total. The Balaban J connectivity index is 2.20. The van der Waals surface area contributed by atoms with Gasteiger partial charge in [-0.2, -0.15) is 0 Å². The summed E-state index contributed by atoms with van der Waals surface area (Å²) in [5, 5.41) is 12.6. The molecule has 2 aromatic carbocycles. The molecule has 0 fully saturated rings. The molecule has 2 unspecified atom stereocenters. The second-order valence-electron chi connectivity index (χ2n) is 6.47. The van der Waals surface area contributed by atoms with Gasteiger partial charge in [-0.25, -0.2) is 13.2 Å². The van der Waals surface area contributed by atoms with Crippen LogP contribution in [0.4, 0.5) is 18.9 Å². The summed E-state index contributed by atoms with van der Waals surface area (Å²) in [5.74, 6) is -4.97. The number of benzene rings is 2. The normalized spacial score (nSPS) is 13.2. The number of nitrogens with one attached hydrogen (secondary N) is 1. The number of aliphatic hydroxyl groups excluding tert-OH is 1. The lowest BCUT2D eigenvalue weighted by Gasteiger charge is -2.18. The molecule has 152 valence electrons. The van der Waals surface area contributed by atoms with E-state index in [9.17, 15) is 23.1 Å². The molecule has 0 bridgehead atoms. The molecule has 1 amide bonds. The number of hydrogen-bond acceptors (Lipinski definition) is 3. The van der Waals surface area contributed by atoms with E-state index in [-0.39, 0.29) is 16.5 Å². The predicted molar refractivity (Wildman–Crippen MR) is 107 cm³/mol. The van der Waals surface area contributed by atoms with E-state index in [1.807, 2.05) is 6.92 Å². The van der Waals surface area contributed by atoms with Crippen LogP contribution in [0, 0.1) is 17.5 Å². The first kappa shape index (κ1) is 22.6. The molecular weight excluding hydrogens is 411 g/mol. The van der Waals surface area contributed by atoms with Gasteiger partial charge in [0, 0.05) is 33.5 Å². The van der Waals surface area contributed by atoms with Crippen molar-refractivity contribution in [1.29, 1.82) is 0 Å². The number of aliphatic hydroxyl groups is 1. The number of amides is 1. The molecule has 2 atom stereocenters. The van der Waals surface area contributed by atoms with Gasteiger partial charge in [0.1, 0.15) is 0 Å². The van der Waals surface area contributed by atoms with Gasteiger partial charge >= 0.3 is 0 Å². The topological polar surface area (TPSA) is 49.3 Å². The third-order valence-corrected chi connectivity index (χ3v) is 5.74. The summed E-state index contributed by atoms with van der Waals surface area (Å²) in [7, 11) is 0. The summed E-state index contributed by atoms with van der Waals surface area (Å²) in [6.45, 7) is 3.76. The highest BCUT2D eigenvalue weighted by molar-refractivity contribution is 8.00. The maximum Gasteiger partial charge on any atom is 0.255 e. The lowest BCUT2D eigenvalue weighted by molar-refractivity contribution is 0.102. The summed E-state index contributed by atoms with van der Waals surface area (Å²) >= 11 is 7.72. The van der Waals surface area contributed by atoms with Crippen LogP contribution in [0.1, 0.15) is 43.5 Å². The van der Waals surface area contributed by atoms with Crippen LogP contribution in [0.2, 0.25) is 5.02 Å². The van der Waals surface area contributed by atoms with Crippen molar-refractivity contribution in [2.24, 2.45) is 0 Å². The highest BCUT2D eigenvalue weighted by Gasteiger charge is 2.17. The maximum atomic E-state index is 13.3. The molecule has 0 aliphatic rings. The first-order valence-electron chi connectivity index (χ1n) is 8.81. The van der Waals surface area contributed by atoms with Gasteiger partial charge in [-0.15, -0.1) is 11.8 Å². The van der Waals surface area contributed by atoms with Crippen LogP contribution >= 0.6 is 23.4 Å². The molecule has 0 heterocycles. The smallest absolute Gasteiger partial charge is 0.255 e. The van der Waals surface area contributed by atoms with Gasteiger partial charge in [0.05, 0.1) is 11.1 Å². The van der Waals surface area contributed by atoms with E-state index < -0.39 is 29.5 Å². The van der Waals surface area contributed by atoms with E-state index in [1.165, 1.54) is 17.8 Å². The molecule has 0 saturated heterocycles. The molecule has 0 aliphatic carbocycles. The number of carbonyl (C=O) groups excluding carboxylic acids is 1. The number of rotatable bonds is 8. The largest absolute Gasteiger partial charge is 0.393 e. The number of carbonyl (C=O) groups is 1. The van der Waals surface area contributed by atoms with Gasteiger partial charge in [-0.05, 0) is 38.0 Å². The Morgan fingerprint density at radius 1 is 1.21 bits per heavy atom. The minimum atomic E-state index is -1.59. The van der Waals surface area contributed by atoms with E-state index in [4.69, 9.17) is 11.6 Å². The molecule has 2 rings (SSSR count). The van der Waals surface area contributed by atoms with E-state index in [2.05, 4.69) is 5.32 Å². The zero-order chi connectivity index (χ0) is 20.8. The van der Waals surface area contributed by atoms with Crippen molar-refractivity contribution in [2.75, 3.05) is 5.32 Å². The Morgan fingerprint density at radius 3 is 2.43 bits per heavy atom. The Morgan fingerprint density at radius 2 is 1.86 bits per heavy atom. The second kappa shape index (κ2) is 10.2. The van der Waals surface area contributed by atoms with Gasteiger partial charge in [-0.3, -0.25) is 4.79 Å². The van der Waals surface area contributed by atoms with Gasteiger partial charge in [-0.1, -0.05) is 24.9 Å². The predicted octanol–water partition coefficient (Wildman–Crippen LogP) is 6.04. The third kappa shape index (κ3) is 6.15. The molecule has 2 aromatic rings. The van der Waals surface area contributed by atoms with Crippen LogP contribution < -0.4 is 5.32 Å². The molecule has 0 radical (unpaired) electrons. The van der Waals surface area contributed by atoms with Gasteiger partial charge in [0.15, 0.2) is 17.5 Å². The van der Waals surface area contributed by atoms with Crippen molar-refractivity contribution in [3.63, 3.8) is 0 Å². The van der Waals surface area contributed by atoms with Crippen molar-refractivity contribution in [3.05, 3.63) is 58.4 Å². The van der Waals surface area contributed by atoms with Crippen LogP contribution in [0.3, 0.4) is 0 Å². The van der Waals surface area contributed by atoms with Crippen molar-refractivity contribution in [2.45, 2.75) is 49.4 Å². The van der Waals surface area contributed by atoms with Crippen molar-refractivity contribution < 1.29 is 23.1 Å². The van der Waals surface area contributed by atoms with E-state index in [1.54, 1.807) is 19.1 Å². The van der Waals surface area contributed by atoms with Gasteiger partial charge < -0.3 is 10.4 Å². The number of halogens is 4. The molecule has 0 aromatic heterocycles. The zero-order valence-electron chi connectivity index (χ0n) is 15.4. The lowest BCUT2D eigenvalue weighted by atomic mass is 10.1. The average Bonchev–Trinajstić information content (AvgIpc) is 2.61. The molecule has 2 N–H and O–H groups in total. The fourth-order valence-electron chi connectivity index (χ4n) is 2.67. The average molecular weight is 432 g/mol. The monoisotopic (exact) mass is 431 g/mol. The summed E-state index contributed by atoms with van der Waals surface area (Å²) in [5.41, 5.74) is 0.0489. The lowest BCUT2D eigenvalue weighted by Crippen LogP contribution is -2.14. The van der Waals surface area contributed by atoms with Crippen molar-refractivity contribution in [1.82, 2.24) is 0 Å². The van der Waals surface area contributed by atoms with Crippen LogP contribution in [-0.4, -0.2) is 22.4 Å². The second-order valence-corrected chi connectivity index (χ2v) is 8.22.